The van der Waals surface area contributed by atoms with E-state index in [0.717, 1.165) is 6.42 Å². The van der Waals surface area contributed by atoms with Crippen LogP contribution in [-0.2, 0) is 0 Å². The quantitative estimate of drug-likeness (QED) is 0.630. The Morgan fingerprint density at radius 1 is 1.52 bits per heavy atom. The fourth-order valence-corrected chi connectivity index (χ4v) is 2.86. The molecule has 0 spiro atoms. The Bertz CT molecular complexity index is 776. The molecule has 0 aliphatic carbocycles. The molecule has 2 aromatic rings. The molecular weight excluding hydrogens is 324 g/mol. The van der Waals surface area contributed by atoms with Gasteiger partial charge in [-0.15, -0.1) is 0 Å². The standard InChI is InChI=1S/C14H13ClN4O4/c1-8-16-13(23-17-8)12-3-2-6-18(12)14(20)10-7-9(19(21)22)4-5-11(10)15/h4-5,7,12H,2-3,6H2,1H3. The average molecular weight is 337 g/mol. The molecule has 1 atom stereocenters. The third-order valence-electron chi connectivity index (χ3n) is 3.73. The number of amides is 1. The van der Waals surface area contributed by atoms with E-state index in [1.165, 1.54) is 18.2 Å². The maximum atomic E-state index is 12.8. The number of likely N-dealkylation sites (tertiary alicyclic amines) is 1. The molecule has 2 heterocycles. The van der Waals surface area contributed by atoms with Crippen molar-refractivity contribution in [1.29, 1.82) is 0 Å². The van der Waals surface area contributed by atoms with Gasteiger partial charge in [-0.25, -0.2) is 0 Å². The number of hydrogen-bond acceptors (Lipinski definition) is 6. The Morgan fingerprint density at radius 3 is 2.96 bits per heavy atom. The Labute approximate surface area is 136 Å². The molecule has 1 saturated heterocycles. The molecule has 9 heteroatoms. The van der Waals surface area contributed by atoms with E-state index < -0.39 is 4.92 Å². The molecule has 3 rings (SSSR count). The lowest BCUT2D eigenvalue weighted by atomic mass is 10.1. The van der Waals surface area contributed by atoms with Crippen molar-refractivity contribution in [3.05, 3.63) is 50.6 Å². The summed E-state index contributed by atoms with van der Waals surface area (Å²) in [6.45, 7) is 2.20. The predicted octanol–water partition coefficient (Wildman–Crippen LogP) is 2.92. The van der Waals surface area contributed by atoms with E-state index in [2.05, 4.69) is 10.1 Å². The normalized spacial score (nSPS) is 17.5. The molecule has 1 fully saturated rings. The van der Waals surface area contributed by atoms with Crippen LogP contribution in [0.25, 0.3) is 0 Å². The molecule has 1 aliphatic heterocycles. The zero-order valence-electron chi connectivity index (χ0n) is 12.2. The molecule has 1 aliphatic rings. The van der Waals surface area contributed by atoms with E-state index in [-0.39, 0.29) is 28.2 Å². The highest BCUT2D eigenvalue weighted by Crippen LogP contribution is 2.34. The molecular formula is C14H13ClN4O4. The van der Waals surface area contributed by atoms with Gasteiger partial charge in [0.1, 0.15) is 6.04 Å². The topological polar surface area (TPSA) is 102 Å². The van der Waals surface area contributed by atoms with Gasteiger partial charge in [-0.3, -0.25) is 14.9 Å². The van der Waals surface area contributed by atoms with Crippen molar-refractivity contribution in [3.63, 3.8) is 0 Å². The summed E-state index contributed by atoms with van der Waals surface area (Å²) in [5.74, 6) is 0.486. The summed E-state index contributed by atoms with van der Waals surface area (Å²) >= 11 is 6.05. The number of aryl methyl sites for hydroxylation is 1. The molecule has 0 saturated carbocycles. The zero-order chi connectivity index (χ0) is 16.6. The number of nitrogens with zero attached hydrogens (tertiary/aromatic N) is 4. The Hall–Kier alpha value is -2.48. The fraction of sp³-hybridized carbons (Fsp3) is 0.357. The van der Waals surface area contributed by atoms with Gasteiger partial charge in [-0.1, -0.05) is 16.8 Å². The summed E-state index contributed by atoms with van der Waals surface area (Å²) in [7, 11) is 0. The van der Waals surface area contributed by atoms with Crippen molar-refractivity contribution < 1.29 is 14.2 Å². The highest BCUT2D eigenvalue weighted by atomic mass is 35.5. The van der Waals surface area contributed by atoms with Gasteiger partial charge < -0.3 is 9.42 Å². The molecule has 0 radical (unpaired) electrons. The molecule has 0 N–H and O–H groups in total. The number of benzene rings is 1. The van der Waals surface area contributed by atoms with Gasteiger partial charge in [0.25, 0.3) is 11.6 Å². The van der Waals surface area contributed by atoms with Crippen molar-refractivity contribution in [1.82, 2.24) is 15.0 Å². The Balaban J connectivity index is 1.93. The highest BCUT2D eigenvalue weighted by Gasteiger charge is 2.35. The van der Waals surface area contributed by atoms with Crippen LogP contribution in [-0.4, -0.2) is 32.4 Å². The summed E-state index contributed by atoms with van der Waals surface area (Å²) in [6.07, 6.45) is 1.48. The van der Waals surface area contributed by atoms with Crippen molar-refractivity contribution >= 4 is 23.2 Å². The van der Waals surface area contributed by atoms with Crippen molar-refractivity contribution in [2.75, 3.05) is 6.54 Å². The first-order valence-corrected chi connectivity index (χ1v) is 7.40. The van der Waals surface area contributed by atoms with Crippen LogP contribution in [0.4, 0.5) is 5.69 Å². The minimum Gasteiger partial charge on any atom is -0.337 e. The molecule has 1 amide bonds. The first-order valence-electron chi connectivity index (χ1n) is 7.02. The lowest BCUT2D eigenvalue weighted by molar-refractivity contribution is -0.384. The van der Waals surface area contributed by atoms with Gasteiger partial charge in [-0.05, 0) is 25.8 Å². The van der Waals surface area contributed by atoms with E-state index in [1.54, 1.807) is 11.8 Å². The minimum atomic E-state index is -0.560. The average Bonchev–Trinajstić information content (AvgIpc) is 3.15. The number of carbonyl (C=O) groups is 1. The van der Waals surface area contributed by atoms with Crippen LogP contribution in [0.15, 0.2) is 22.7 Å². The summed E-state index contributed by atoms with van der Waals surface area (Å²) in [4.78, 5) is 28.8. The summed E-state index contributed by atoms with van der Waals surface area (Å²) < 4.78 is 5.16. The second-order valence-electron chi connectivity index (χ2n) is 5.26. The van der Waals surface area contributed by atoms with Crippen LogP contribution in [0.2, 0.25) is 5.02 Å². The van der Waals surface area contributed by atoms with E-state index >= 15 is 0 Å². The Kier molecular flexibility index (Phi) is 3.99. The number of carbonyl (C=O) groups excluding carboxylic acids is 1. The van der Waals surface area contributed by atoms with Crippen LogP contribution >= 0.6 is 11.6 Å². The summed E-state index contributed by atoms with van der Waals surface area (Å²) in [5, 5.41) is 14.8. The SMILES string of the molecule is Cc1noc(C2CCCN2C(=O)c2cc([N+](=O)[O-])ccc2Cl)n1. The lowest BCUT2D eigenvalue weighted by Gasteiger charge is -2.22. The van der Waals surface area contributed by atoms with Gasteiger partial charge >= 0.3 is 0 Å². The summed E-state index contributed by atoms with van der Waals surface area (Å²) in [5.41, 5.74) is -0.0777. The maximum Gasteiger partial charge on any atom is 0.270 e. The highest BCUT2D eigenvalue weighted by molar-refractivity contribution is 6.33. The van der Waals surface area contributed by atoms with E-state index in [9.17, 15) is 14.9 Å². The second kappa shape index (κ2) is 5.96. The largest absolute Gasteiger partial charge is 0.337 e. The third-order valence-corrected chi connectivity index (χ3v) is 4.06. The van der Waals surface area contributed by atoms with Crippen LogP contribution < -0.4 is 0 Å². The first-order chi connectivity index (χ1) is 11.0. The molecule has 1 unspecified atom stereocenters. The monoisotopic (exact) mass is 336 g/mol. The van der Waals surface area contributed by atoms with Gasteiger partial charge in [0.05, 0.1) is 15.5 Å². The van der Waals surface area contributed by atoms with Crippen molar-refractivity contribution in [2.24, 2.45) is 0 Å². The van der Waals surface area contributed by atoms with Gasteiger partial charge in [-0.2, -0.15) is 4.98 Å². The number of non-ortho nitro benzene ring substituents is 1. The zero-order valence-corrected chi connectivity index (χ0v) is 13.0. The number of nitro groups is 1. The number of halogens is 1. The minimum absolute atomic E-state index is 0.101. The number of nitro benzene ring substituents is 1. The van der Waals surface area contributed by atoms with Crippen molar-refractivity contribution in [3.8, 4) is 0 Å². The van der Waals surface area contributed by atoms with Gasteiger partial charge in [0.2, 0.25) is 5.89 Å². The molecule has 23 heavy (non-hydrogen) atoms. The maximum absolute atomic E-state index is 12.8. The predicted molar refractivity (Wildman–Crippen MR) is 80.2 cm³/mol. The van der Waals surface area contributed by atoms with E-state index in [4.69, 9.17) is 16.1 Å². The molecule has 1 aromatic heterocycles. The Morgan fingerprint density at radius 2 is 2.30 bits per heavy atom. The smallest absolute Gasteiger partial charge is 0.270 e. The number of hydrogen-bond donors (Lipinski definition) is 0. The number of rotatable bonds is 3. The van der Waals surface area contributed by atoms with E-state index in [1.807, 2.05) is 0 Å². The van der Waals surface area contributed by atoms with Crippen LogP contribution in [0, 0.1) is 17.0 Å². The molecule has 120 valence electrons. The second-order valence-corrected chi connectivity index (χ2v) is 5.66. The van der Waals surface area contributed by atoms with Crippen molar-refractivity contribution in [2.45, 2.75) is 25.8 Å². The van der Waals surface area contributed by atoms with Crippen LogP contribution in [0.1, 0.15) is 41.0 Å². The van der Waals surface area contributed by atoms with Gasteiger partial charge in [0, 0.05) is 18.7 Å². The summed E-state index contributed by atoms with van der Waals surface area (Å²) in [6, 6.07) is 3.48. The molecule has 1 aromatic carbocycles. The molecule has 0 bridgehead atoms. The van der Waals surface area contributed by atoms with Gasteiger partial charge in [0.15, 0.2) is 5.82 Å². The number of aromatic nitrogens is 2. The molecule has 8 nitrogen and oxygen atoms in total. The van der Waals surface area contributed by atoms with Crippen LogP contribution in [0.5, 0.6) is 0 Å². The third kappa shape index (κ3) is 2.89. The lowest BCUT2D eigenvalue weighted by Crippen LogP contribution is -2.31. The van der Waals surface area contributed by atoms with Crippen LogP contribution in [0.3, 0.4) is 0 Å². The fourth-order valence-electron chi connectivity index (χ4n) is 2.66. The first kappa shape index (κ1) is 15.4. The van der Waals surface area contributed by atoms with E-state index in [0.29, 0.717) is 24.7 Å².